The second-order valence-corrected chi connectivity index (χ2v) is 6.14. The number of benzene rings is 1. The Kier molecular flexibility index (Phi) is 6.25. The van der Waals surface area contributed by atoms with Crippen LogP contribution in [0.4, 0.5) is 0 Å². The molecule has 1 fully saturated rings. The lowest BCUT2D eigenvalue weighted by Gasteiger charge is -2.10. The minimum atomic E-state index is 0.716. The summed E-state index contributed by atoms with van der Waals surface area (Å²) in [5, 5.41) is 6.69. The molecule has 0 radical (unpaired) electrons. The predicted molar refractivity (Wildman–Crippen MR) is 89.7 cm³/mol. The second kappa shape index (κ2) is 8.20. The van der Waals surface area contributed by atoms with Crippen molar-refractivity contribution >= 4 is 17.7 Å². The fourth-order valence-corrected chi connectivity index (χ4v) is 2.69. The van der Waals surface area contributed by atoms with Crippen molar-refractivity contribution in [1.29, 1.82) is 0 Å². The molecule has 110 valence electrons. The molecule has 1 aromatic carbocycles. The molecule has 0 spiro atoms. The zero-order chi connectivity index (χ0) is 14.2. The Morgan fingerprint density at radius 1 is 1.30 bits per heavy atom. The minimum Gasteiger partial charge on any atom is -0.357 e. The van der Waals surface area contributed by atoms with Gasteiger partial charge in [0.2, 0.25) is 0 Å². The van der Waals surface area contributed by atoms with E-state index < -0.39 is 0 Å². The largest absolute Gasteiger partial charge is 0.357 e. The Bertz CT molecular complexity index is 419. The summed E-state index contributed by atoms with van der Waals surface area (Å²) in [6.45, 7) is 4.92. The van der Waals surface area contributed by atoms with E-state index in [1.165, 1.54) is 12.0 Å². The van der Waals surface area contributed by atoms with Crippen molar-refractivity contribution in [2.24, 2.45) is 10.9 Å². The Hall–Kier alpha value is -1.16. The minimum absolute atomic E-state index is 0.716. The number of nitrogens with zero attached hydrogens (tertiary/aromatic N) is 1. The van der Waals surface area contributed by atoms with E-state index in [1.807, 2.05) is 11.8 Å². The third kappa shape index (κ3) is 4.75. The van der Waals surface area contributed by atoms with E-state index in [0.717, 1.165) is 31.3 Å². The van der Waals surface area contributed by atoms with Crippen LogP contribution in [0, 0.1) is 5.92 Å². The summed E-state index contributed by atoms with van der Waals surface area (Å²) < 4.78 is 0. The number of hydrogen-bond acceptors (Lipinski definition) is 2. The molecular weight excluding hydrogens is 266 g/mol. The maximum atomic E-state index is 4.71. The van der Waals surface area contributed by atoms with Gasteiger partial charge in [-0.05, 0) is 37.0 Å². The Labute approximate surface area is 126 Å². The van der Waals surface area contributed by atoms with Crippen molar-refractivity contribution in [3.8, 4) is 0 Å². The fraction of sp³-hybridized carbons (Fsp3) is 0.562. The lowest BCUT2D eigenvalue weighted by atomic mass is 10.1. The van der Waals surface area contributed by atoms with Crippen molar-refractivity contribution in [2.45, 2.75) is 19.3 Å². The number of aliphatic imine (C=N–C) groups is 1. The molecule has 0 aromatic heterocycles. The maximum absolute atomic E-state index is 4.71. The zero-order valence-corrected chi connectivity index (χ0v) is 13.2. The van der Waals surface area contributed by atoms with Gasteiger partial charge in [0.25, 0.3) is 0 Å². The van der Waals surface area contributed by atoms with Gasteiger partial charge in [-0.3, -0.25) is 4.99 Å². The van der Waals surface area contributed by atoms with Gasteiger partial charge in [0.1, 0.15) is 0 Å². The molecule has 2 N–H and O–H groups in total. The molecule has 2 rings (SSSR count). The number of thioether (sulfide) groups is 1. The van der Waals surface area contributed by atoms with Crippen LogP contribution >= 0.6 is 11.8 Å². The van der Waals surface area contributed by atoms with Gasteiger partial charge in [-0.1, -0.05) is 30.3 Å². The van der Waals surface area contributed by atoms with E-state index in [1.54, 1.807) is 0 Å². The topological polar surface area (TPSA) is 36.4 Å². The summed E-state index contributed by atoms with van der Waals surface area (Å²) in [5.74, 6) is 3.50. The lowest BCUT2D eigenvalue weighted by molar-refractivity contribution is 0.779. The van der Waals surface area contributed by atoms with Gasteiger partial charge in [-0.15, -0.1) is 0 Å². The van der Waals surface area contributed by atoms with Crippen LogP contribution in [0.2, 0.25) is 0 Å². The normalized spacial score (nSPS) is 21.6. The van der Waals surface area contributed by atoms with Gasteiger partial charge in [-0.25, -0.2) is 0 Å². The SMILES string of the molecule is CCNC(=NCC1CC1c1ccccc1)NCCSC. The van der Waals surface area contributed by atoms with E-state index in [2.05, 4.69) is 54.1 Å². The first-order chi connectivity index (χ1) is 9.85. The first kappa shape index (κ1) is 15.2. The van der Waals surface area contributed by atoms with Crippen LogP contribution in [-0.2, 0) is 0 Å². The second-order valence-electron chi connectivity index (χ2n) is 5.15. The van der Waals surface area contributed by atoms with Crippen LogP contribution in [0.3, 0.4) is 0 Å². The molecule has 0 heterocycles. The van der Waals surface area contributed by atoms with Crippen LogP contribution in [0.5, 0.6) is 0 Å². The average molecular weight is 291 g/mol. The molecule has 0 saturated heterocycles. The molecule has 2 unspecified atom stereocenters. The Morgan fingerprint density at radius 3 is 2.80 bits per heavy atom. The summed E-state index contributed by atoms with van der Waals surface area (Å²) in [7, 11) is 0. The average Bonchev–Trinajstić information content (AvgIpc) is 3.25. The Balaban J connectivity index is 1.79. The molecule has 1 aliphatic carbocycles. The summed E-state index contributed by atoms with van der Waals surface area (Å²) in [6, 6.07) is 10.8. The highest BCUT2D eigenvalue weighted by Gasteiger charge is 2.37. The highest BCUT2D eigenvalue weighted by molar-refractivity contribution is 7.98. The third-order valence-electron chi connectivity index (χ3n) is 3.58. The van der Waals surface area contributed by atoms with Crippen molar-refractivity contribution in [2.75, 3.05) is 31.6 Å². The number of hydrogen-bond donors (Lipinski definition) is 2. The van der Waals surface area contributed by atoms with E-state index in [9.17, 15) is 0 Å². The van der Waals surface area contributed by atoms with Crippen LogP contribution in [0.1, 0.15) is 24.8 Å². The van der Waals surface area contributed by atoms with Crippen LogP contribution < -0.4 is 10.6 Å². The Morgan fingerprint density at radius 2 is 2.10 bits per heavy atom. The quantitative estimate of drug-likeness (QED) is 0.461. The van der Waals surface area contributed by atoms with Crippen LogP contribution in [-0.4, -0.2) is 37.6 Å². The number of nitrogens with one attached hydrogen (secondary N) is 2. The third-order valence-corrected chi connectivity index (χ3v) is 4.19. The molecule has 20 heavy (non-hydrogen) atoms. The molecule has 3 nitrogen and oxygen atoms in total. The number of rotatable bonds is 7. The molecule has 1 aliphatic rings. The van der Waals surface area contributed by atoms with Crippen molar-refractivity contribution in [3.63, 3.8) is 0 Å². The predicted octanol–water partition coefficient (Wildman–Crippen LogP) is 2.71. The van der Waals surface area contributed by atoms with E-state index in [-0.39, 0.29) is 0 Å². The van der Waals surface area contributed by atoms with E-state index in [0.29, 0.717) is 11.8 Å². The standard InChI is InChI=1S/C16H25N3S/c1-3-17-16(18-9-10-20-2)19-12-14-11-15(14)13-7-5-4-6-8-13/h4-8,14-15H,3,9-12H2,1-2H3,(H2,17,18,19). The number of guanidine groups is 1. The van der Waals surface area contributed by atoms with Gasteiger partial charge < -0.3 is 10.6 Å². The first-order valence-electron chi connectivity index (χ1n) is 7.41. The van der Waals surface area contributed by atoms with E-state index >= 15 is 0 Å². The first-order valence-corrected chi connectivity index (χ1v) is 8.80. The molecule has 1 aromatic rings. The van der Waals surface area contributed by atoms with Gasteiger partial charge in [-0.2, -0.15) is 11.8 Å². The molecule has 1 saturated carbocycles. The molecule has 0 aliphatic heterocycles. The molecule has 2 atom stereocenters. The van der Waals surface area contributed by atoms with Gasteiger partial charge in [0.15, 0.2) is 5.96 Å². The summed E-state index contributed by atoms with van der Waals surface area (Å²) in [6.07, 6.45) is 3.40. The van der Waals surface area contributed by atoms with Crippen LogP contribution in [0.25, 0.3) is 0 Å². The highest BCUT2D eigenvalue weighted by Crippen LogP contribution is 2.47. The monoisotopic (exact) mass is 291 g/mol. The van der Waals surface area contributed by atoms with Crippen molar-refractivity contribution in [3.05, 3.63) is 35.9 Å². The summed E-state index contributed by atoms with van der Waals surface area (Å²) in [4.78, 5) is 4.71. The molecule has 0 amide bonds. The fourth-order valence-electron chi connectivity index (χ4n) is 2.38. The molecule has 0 bridgehead atoms. The maximum Gasteiger partial charge on any atom is 0.191 e. The summed E-state index contributed by atoms with van der Waals surface area (Å²) in [5.41, 5.74) is 1.47. The van der Waals surface area contributed by atoms with Gasteiger partial charge >= 0.3 is 0 Å². The van der Waals surface area contributed by atoms with Gasteiger partial charge in [0, 0.05) is 25.4 Å². The van der Waals surface area contributed by atoms with Crippen molar-refractivity contribution in [1.82, 2.24) is 10.6 Å². The highest BCUT2D eigenvalue weighted by atomic mass is 32.2. The van der Waals surface area contributed by atoms with E-state index in [4.69, 9.17) is 4.99 Å². The molecular formula is C16H25N3S. The van der Waals surface area contributed by atoms with Crippen molar-refractivity contribution < 1.29 is 0 Å². The van der Waals surface area contributed by atoms with Gasteiger partial charge in [0.05, 0.1) is 0 Å². The lowest BCUT2D eigenvalue weighted by Crippen LogP contribution is -2.38. The zero-order valence-electron chi connectivity index (χ0n) is 12.4. The smallest absolute Gasteiger partial charge is 0.191 e. The van der Waals surface area contributed by atoms with Crippen LogP contribution in [0.15, 0.2) is 35.3 Å². The molecule has 4 heteroatoms. The summed E-state index contributed by atoms with van der Waals surface area (Å²) >= 11 is 1.85.